The average Bonchev–Trinajstić information content (AvgIpc) is 2.77. The van der Waals surface area contributed by atoms with Gasteiger partial charge in [0, 0.05) is 29.1 Å². The highest BCUT2D eigenvalue weighted by Crippen LogP contribution is 2.21. The number of nitrogens with zero attached hydrogens (tertiary/aromatic N) is 1. The molecule has 0 atom stereocenters. The van der Waals surface area contributed by atoms with E-state index in [-0.39, 0.29) is 33.3 Å². The number of aromatic nitrogens is 1. The first kappa shape index (κ1) is 8.17. The first-order chi connectivity index (χ1) is 12.1. The summed E-state index contributed by atoms with van der Waals surface area (Å²) in [7, 11) is -0.431. The summed E-state index contributed by atoms with van der Waals surface area (Å²) in [6.07, 6.45) is -2.42. The van der Waals surface area contributed by atoms with E-state index in [1.54, 1.807) is 19.0 Å². The number of sulfonamides is 1. The summed E-state index contributed by atoms with van der Waals surface area (Å²) in [5.41, 5.74) is -3.19. The van der Waals surface area contributed by atoms with Crippen LogP contribution in [0.4, 0.5) is 0 Å². The molecule has 0 amide bonds. The molecule has 0 saturated carbocycles. The zero-order valence-corrected chi connectivity index (χ0v) is 12.3. The van der Waals surface area contributed by atoms with Gasteiger partial charge in [-0.15, -0.1) is 0 Å². The summed E-state index contributed by atoms with van der Waals surface area (Å²) >= 11 is 0. The summed E-state index contributed by atoms with van der Waals surface area (Å²) in [5, 5.41) is 0.0889. The second kappa shape index (κ2) is 5.95. The van der Waals surface area contributed by atoms with Gasteiger partial charge >= 0.3 is 0 Å². The molecule has 5 nitrogen and oxygen atoms in total. The van der Waals surface area contributed by atoms with Crippen molar-refractivity contribution in [2.45, 2.75) is 12.1 Å². The molecular formula is C14H21N3O2S. The fourth-order valence-corrected chi connectivity index (χ4v) is 2.16. The maximum Gasteiger partial charge on any atom is 0.215 e. The molecule has 0 aliphatic carbocycles. The van der Waals surface area contributed by atoms with Crippen LogP contribution in [-0.2, 0) is 22.1 Å². The average molecular weight is 302 g/mol. The fraction of sp³-hybridized carbons (Fsp3) is 0.429. The van der Waals surface area contributed by atoms with Gasteiger partial charge in [-0.25, -0.2) is 13.1 Å². The first-order valence-electron chi connectivity index (χ1n) is 9.31. The zero-order chi connectivity index (χ0) is 20.9. The van der Waals surface area contributed by atoms with Gasteiger partial charge in [-0.2, -0.15) is 0 Å². The smallest absolute Gasteiger partial charge is 0.215 e. The Kier molecular flexibility index (Phi) is 2.43. The van der Waals surface area contributed by atoms with Crippen LogP contribution in [0.15, 0.2) is 24.4 Å². The number of benzene rings is 1. The normalized spacial score (nSPS) is 19.1. The van der Waals surface area contributed by atoms with E-state index in [0.717, 1.165) is 18.1 Å². The van der Waals surface area contributed by atoms with Gasteiger partial charge in [0.25, 0.3) is 0 Å². The maximum atomic E-state index is 12.2. The number of nitrogens with one attached hydrogen (secondary N) is 2. The Hall–Kier alpha value is -1.37. The highest BCUT2D eigenvalue weighted by Gasteiger charge is 2.11. The molecule has 1 heterocycles. The van der Waals surface area contributed by atoms with Gasteiger partial charge in [0.2, 0.25) is 10.0 Å². The number of rotatable bonds is 6. The van der Waals surface area contributed by atoms with E-state index < -0.39 is 28.3 Å². The van der Waals surface area contributed by atoms with Crippen molar-refractivity contribution in [2.24, 2.45) is 0 Å². The number of aromatic amines is 1. The van der Waals surface area contributed by atoms with Crippen LogP contribution in [0.3, 0.4) is 0 Å². The number of H-pyrrole nitrogens is 1. The van der Waals surface area contributed by atoms with E-state index >= 15 is 0 Å². The third-order valence-corrected chi connectivity index (χ3v) is 3.59. The largest absolute Gasteiger partial charge is 0.361 e. The van der Waals surface area contributed by atoms with Gasteiger partial charge in [0.1, 0.15) is 1.41 Å². The summed E-state index contributed by atoms with van der Waals surface area (Å²) in [5.74, 6) is 0. The van der Waals surface area contributed by atoms with Crippen LogP contribution >= 0.6 is 0 Å². The molecule has 1 aromatic heterocycles. The molecule has 110 valence electrons. The van der Waals surface area contributed by atoms with E-state index in [9.17, 15) is 8.42 Å². The molecule has 0 bridgehead atoms. The highest BCUT2D eigenvalue weighted by molar-refractivity contribution is 7.88. The van der Waals surface area contributed by atoms with Crippen molar-refractivity contribution < 1.29 is 18.1 Å². The summed E-state index contributed by atoms with van der Waals surface area (Å²) in [4.78, 5) is 2.30. The minimum absolute atomic E-state index is 0.0367. The van der Waals surface area contributed by atoms with Gasteiger partial charge < -0.3 is 9.88 Å². The Balaban J connectivity index is 2.79. The summed E-state index contributed by atoms with van der Waals surface area (Å²) in [6.45, 7) is -0.0805. The SMILES string of the molecule is [2H]c1c(C([2H])([2H])CN(C)C)c2cc(C([2H])([2H])S(=O)(=O)N([2H])C)ccc2n1[2H]. The Labute approximate surface area is 130 Å². The minimum atomic E-state index is -4.64. The lowest BCUT2D eigenvalue weighted by atomic mass is 10.1. The molecular weight excluding hydrogens is 274 g/mol. The predicted molar refractivity (Wildman–Crippen MR) is 82.2 cm³/mol. The van der Waals surface area contributed by atoms with Crippen LogP contribution in [0.25, 0.3) is 10.9 Å². The van der Waals surface area contributed by atoms with Crippen LogP contribution in [0.2, 0.25) is 2.82 Å². The fourth-order valence-electron chi connectivity index (χ4n) is 1.64. The van der Waals surface area contributed by atoms with Crippen molar-refractivity contribution in [3.05, 3.63) is 35.5 Å². The molecule has 0 aliphatic rings. The van der Waals surface area contributed by atoms with Crippen LogP contribution < -0.4 is 4.72 Å². The maximum absolute atomic E-state index is 12.2. The number of hydrogen-bond acceptors (Lipinski definition) is 3. The third kappa shape index (κ3) is 3.59. The first-order valence-corrected chi connectivity index (χ1v) is 7.36. The lowest BCUT2D eigenvalue weighted by Crippen LogP contribution is -2.20. The molecule has 0 spiro atoms. The summed E-state index contributed by atoms with van der Waals surface area (Å²) in [6, 6.07) is 3.59. The monoisotopic (exact) mass is 302 g/mol. The van der Waals surface area contributed by atoms with Gasteiger partial charge in [0.05, 0.1) is 7.08 Å². The number of hydrogen-bond donors (Lipinski definition) is 2. The zero-order valence-electron chi connectivity index (χ0n) is 18.5. The second-order valence-electron chi connectivity index (χ2n) is 4.50. The van der Waals surface area contributed by atoms with E-state index in [1.807, 2.05) is 0 Å². The second-order valence-corrected chi connectivity index (χ2v) is 6.02. The molecule has 1 aromatic carbocycles. The van der Waals surface area contributed by atoms with Gasteiger partial charge in [0.15, 0.2) is 1.41 Å². The quantitative estimate of drug-likeness (QED) is 0.846. The van der Waals surface area contributed by atoms with E-state index in [4.69, 9.17) is 9.68 Å². The molecule has 20 heavy (non-hydrogen) atoms. The van der Waals surface area contributed by atoms with Crippen molar-refractivity contribution in [3.63, 3.8) is 0 Å². The van der Waals surface area contributed by atoms with Crippen LogP contribution in [0, 0.1) is 0 Å². The Morgan fingerprint density at radius 3 is 2.95 bits per heavy atom. The summed E-state index contributed by atoms with van der Waals surface area (Å²) < 4.78 is 80.4. The van der Waals surface area contributed by atoms with Gasteiger partial charge in [-0.05, 0) is 50.8 Å². The van der Waals surface area contributed by atoms with Crippen LogP contribution in [-0.4, -0.2) is 46.0 Å². The van der Waals surface area contributed by atoms with Crippen molar-refractivity contribution in [2.75, 3.05) is 27.7 Å². The Morgan fingerprint density at radius 2 is 2.30 bits per heavy atom. The molecule has 6 heteroatoms. The van der Waals surface area contributed by atoms with Crippen LogP contribution in [0.1, 0.15) is 18.0 Å². The van der Waals surface area contributed by atoms with Gasteiger partial charge in [-0.3, -0.25) is 0 Å². The molecule has 2 N–H and O–H groups in total. The van der Waals surface area contributed by atoms with Crippen molar-refractivity contribution in [1.29, 1.82) is 0 Å². The van der Waals surface area contributed by atoms with Crippen LogP contribution in [0.5, 0.6) is 0 Å². The standard InChI is InChI=1S/C14H21N3O2S/c1-15-20(18,19)10-11-4-5-14-13(8-11)12(9-16-14)6-7-17(2)3/h4-5,8-9,15-16H,6-7,10H2,1-3H3/i6D2,9D,10D2/hD2. The van der Waals surface area contributed by atoms with Gasteiger partial charge in [-0.1, -0.05) is 6.07 Å². The molecule has 2 aromatic rings. The molecule has 0 radical (unpaired) electrons. The Morgan fingerprint density at radius 1 is 1.55 bits per heavy atom. The lowest BCUT2D eigenvalue weighted by molar-refractivity contribution is 0.414. The molecule has 0 aliphatic heterocycles. The Bertz CT molecular complexity index is 971. The molecule has 0 unspecified atom stereocenters. The third-order valence-electron chi connectivity index (χ3n) is 2.61. The van der Waals surface area contributed by atoms with E-state index in [0.29, 0.717) is 0 Å². The number of fused-ring (bicyclic) bond motifs is 1. The van der Waals surface area contributed by atoms with Crippen molar-refractivity contribution >= 4 is 20.9 Å². The number of likely N-dealkylation sites (N-methyl/N-ethyl adjacent to an activating group) is 1. The minimum Gasteiger partial charge on any atom is -0.361 e. The van der Waals surface area contributed by atoms with Crippen molar-refractivity contribution in [3.8, 4) is 0 Å². The van der Waals surface area contributed by atoms with E-state index in [1.165, 1.54) is 12.1 Å². The molecule has 0 fully saturated rings. The predicted octanol–water partition coefficient (Wildman–Crippen LogP) is 1.32. The lowest BCUT2D eigenvalue weighted by Gasteiger charge is -2.08. The topological polar surface area (TPSA) is 65.2 Å². The van der Waals surface area contributed by atoms with Crippen molar-refractivity contribution in [1.82, 2.24) is 14.6 Å². The highest BCUT2D eigenvalue weighted by atomic mass is 32.2. The molecule has 0 saturated heterocycles. The van der Waals surface area contributed by atoms with E-state index in [2.05, 4.69) is 0 Å². The molecule has 2 rings (SSSR count).